The second-order valence-corrected chi connectivity index (χ2v) is 7.12. The molecule has 2 heterocycles. The zero-order chi connectivity index (χ0) is 18.5. The smallest absolute Gasteiger partial charge is 0.260 e. The lowest BCUT2D eigenvalue weighted by Gasteiger charge is -2.20. The second kappa shape index (κ2) is 5.95. The molecule has 5 heteroatoms. The van der Waals surface area contributed by atoms with Crippen molar-refractivity contribution in [2.24, 2.45) is 0 Å². The SMILES string of the molecule is CCNCc1ccc2c(c1)C(C)(C)O/C2=C1/C(=O)Nc2ccc(F)cc21. The first kappa shape index (κ1) is 16.8. The third kappa shape index (κ3) is 2.59. The second-order valence-electron chi connectivity index (χ2n) is 7.12. The maximum absolute atomic E-state index is 13.8. The van der Waals surface area contributed by atoms with Crippen molar-refractivity contribution in [3.05, 3.63) is 64.5 Å². The van der Waals surface area contributed by atoms with Gasteiger partial charge in [-0.1, -0.05) is 19.1 Å². The van der Waals surface area contributed by atoms with Gasteiger partial charge in [0.1, 0.15) is 17.2 Å². The molecule has 2 N–H and O–H groups in total. The Kier molecular flexibility index (Phi) is 3.84. The number of ether oxygens (including phenoxy) is 1. The molecule has 0 aliphatic carbocycles. The van der Waals surface area contributed by atoms with E-state index in [1.54, 1.807) is 6.07 Å². The van der Waals surface area contributed by atoms with E-state index in [0.29, 0.717) is 22.6 Å². The highest BCUT2D eigenvalue weighted by atomic mass is 19.1. The van der Waals surface area contributed by atoms with E-state index in [1.807, 2.05) is 26.0 Å². The van der Waals surface area contributed by atoms with Gasteiger partial charge in [0.15, 0.2) is 0 Å². The summed E-state index contributed by atoms with van der Waals surface area (Å²) in [4.78, 5) is 12.6. The first-order valence-electron chi connectivity index (χ1n) is 8.80. The molecule has 0 aromatic heterocycles. The number of benzene rings is 2. The van der Waals surface area contributed by atoms with Crippen LogP contribution in [-0.2, 0) is 21.7 Å². The Balaban J connectivity index is 1.88. The number of fused-ring (bicyclic) bond motifs is 2. The molecule has 2 aliphatic rings. The molecule has 2 aliphatic heterocycles. The molecule has 0 bridgehead atoms. The van der Waals surface area contributed by atoms with Gasteiger partial charge in [0.05, 0.1) is 5.57 Å². The number of carbonyl (C=O) groups is 1. The predicted molar refractivity (Wildman–Crippen MR) is 99.8 cm³/mol. The van der Waals surface area contributed by atoms with Gasteiger partial charge in [-0.05, 0) is 50.2 Å². The molecule has 2 aromatic rings. The van der Waals surface area contributed by atoms with Crippen LogP contribution in [0.1, 0.15) is 43.0 Å². The number of hydrogen-bond donors (Lipinski definition) is 2. The molecule has 0 atom stereocenters. The zero-order valence-electron chi connectivity index (χ0n) is 15.1. The number of hydrogen-bond acceptors (Lipinski definition) is 3. The van der Waals surface area contributed by atoms with Crippen molar-refractivity contribution in [2.75, 3.05) is 11.9 Å². The summed E-state index contributed by atoms with van der Waals surface area (Å²) in [6, 6.07) is 10.4. The Morgan fingerprint density at radius 3 is 2.73 bits per heavy atom. The summed E-state index contributed by atoms with van der Waals surface area (Å²) in [6.45, 7) is 7.71. The third-order valence-electron chi connectivity index (χ3n) is 4.87. The standard InChI is InChI=1S/C21H21FN2O2/c1-4-23-11-12-5-7-14-16(9-12)21(2,3)26-19(14)18-15-10-13(22)6-8-17(15)24-20(18)25/h5-10,23H,4,11H2,1-3H3,(H,24,25)/b19-18+. The normalized spacial score (nSPS) is 19.8. The van der Waals surface area contributed by atoms with Gasteiger partial charge >= 0.3 is 0 Å². The molecule has 0 radical (unpaired) electrons. The molecular formula is C21H21FN2O2. The summed E-state index contributed by atoms with van der Waals surface area (Å²) in [7, 11) is 0. The van der Waals surface area contributed by atoms with Crippen LogP contribution in [-0.4, -0.2) is 12.5 Å². The highest BCUT2D eigenvalue weighted by Crippen LogP contribution is 2.48. The van der Waals surface area contributed by atoms with E-state index in [1.165, 1.54) is 12.1 Å². The lowest BCUT2D eigenvalue weighted by Crippen LogP contribution is -2.16. The Labute approximate surface area is 152 Å². The van der Waals surface area contributed by atoms with Crippen LogP contribution in [0.15, 0.2) is 36.4 Å². The number of rotatable bonds is 3. The molecule has 4 nitrogen and oxygen atoms in total. The van der Waals surface area contributed by atoms with Crippen molar-refractivity contribution < 1.29 is 13.9 Å². The van der Waals surface area contributed by atoms with Crippen molar-refractivity contribution >= 4 is 22.9 Å². The van der Waals surface area contributed by atoms with E-state index in [0.717, 1.165) is 29.8 Å². The van der Waals surface area contributed by atoms with Crippen molar-refractivity contribution in [3.8, 4) is 0 Å². The first-order chi connectivity index (χ1) is 12.4. The Hall–Kier alpha value is -2.66. The van der Waals surface area contributed by atoms with Gasteiger partial charge < -0.3 is 15.4 Å². The zero-order valence-corrected chi connectivity index (χ0v) is 15.1. The summed E-state index contributed by atoms with van der Waals surface area (Å²) in [5, 5.41) is 6.11. The molecule has 0 saturated heterocycles. The van der Waals surface area contributed by atoms with Gasteiger partial charge in [-0.25, -0.2) is 4.39 Å². The summed E-state index contributed by atoms with van der Waals surface area (Å²) in [6.07, 6.45) is 0. The van der Waals surface area contributed by atoms with Crippen LogP contribution in [0.4, 0.5) is 10.1 Å². The Morgan fingerprint density at radius 1 is 1.15 bits per heavy atom. The van der Waals surface area contributed by atoms with Gasteiger partial charge in [-0.3, -0.25) is 4.79 Å². The molecular weight excluding hydrogens is 331 g/mol. The van der Waals surface area contributed by atoms with Crippen molar-refractivity contribution in [1.82, 2.24) is 5.32 Å². The fourth-order valence-corrected chi connectivity index (χ4v) is 3.58. The van der Waals surface area contributed by atoms with E-state index in [9.17, 15) is 9.18 Å². The molecule has 1 amide bonds. The average Bonchev–Trinajstić information content (AvgIpc) is 3.05. The molecule has 0 fully saturated rings. The molecule has 2 aromatic carbocycles. The minimum Gasteiger partial charge on any atom is -0.482 e. The van der Waals surface area contributed by atoms with Crippen LogP contribution in [0, 0.1) is 5.82 Å². The number of carbonyl (C=O) groups excluding carboxylic acids is 1. The third-order valence-corrected chi connectivity index (χ3v) is 4.87. The maximum atomic E-state index is 13.8. The van der Waals surface area contributed by atoms with Crippen LogP contribution in [0.3, 0.4) is 0 Å². The summed E-state index contributed by atoms with van der Waals surface area (Å²) < 4.78 is 20.0. The summed E-state index contributed by atoms with van der Waals surface area (Å²) in [5.74, 6) is -0.125. The van der Waals surface area contributed by atoms with Crippen LogP contribution in [0.25, 0.3) is 11.3 Å². The number of amides is 1. The minimum absolute atomic E-state index is 0.263. The monoisotopic (exact) mass is 352 g/mol. The minimum atomic E-state index is -0.559. The van der Waals surface area contributed by atoms with Gasteiger partial charge in [0.25, 0.3) is 5.91 Å². The Bertz CT molecular complexity index is 947. The molecule has 26 heavy (non-hydrogen) atoms. The molecule has 0 saturated carbocycles. The van der Waals surface area contributed by atoms with Gasteiger partial charge in [-0.2, -0.15) is 0 Å². The van der Waals surface area contributed by atoms with Crippen molar-refractivity contribution in [3.63, 3.8) is 0 Å². The summed E-state index contributed by atoms with van der Waals surface area (Å²) in [5.41, 5.74) is 4.08. The fraction of sp³-hybridized carbons (Fsp3) is 0.286. The molecule has 134 valence electrons. The van der Waals surface area contributed by atoms with Crippen LogP contribution in [0.5, 0.6) is 0 Å². The maximum Gasteiger partial charge on any atom is 0.260 e. The molecule has 0 spiro atoms. The first-order valence-corrected chi connectivity index (χ1v) is 8.80. The highest BCUT2D eigenvalue weighted by Gasteiger charge is 2.40. The largest absolute Gasteiger partial charge is 0.482 e. The summed E-state index contributed by atoms with van der Waals surface area (Å²) >= 11 is 0. The van der Waals surface area contributed by atoms with E-state index in [-0.39, 0.29) is 11.7 Å². The van der Waals surface area contributed by atoms with Gasteiger partial charge in [0, 0.05) is 28.9 Å². The lowest BCUT2D eigenvalue weighted by molar-refractivity contribution is -0.110. The fourth-order valence-electron chi connectivity index (χ4n) is 3.58. The van der Waals surface area contributed by atoms with E-state index >= 15 is 0 Å². The number of nitrogens with one attached hydrogen (secondary N) is 2. The Morgan fingerprint density at radius 2 is 1.96 bits per heavy atom. The van der Waals surface area contributed by atoms with Crippen molar-refractivity contribution in [1.29, 1.82) is 0 Å². The topological polar surface area (TPSA) is 50.4 Å². The number of anilines is 1. The van der Waals surface area contributed by atoms with E-state index in [2.05, 4.69) is 23.6 Å². The van der Waals surface area contributed by atoms with Crippen LogP contribution < -0.4 is 10.6 Å². The van der Waals surface area contributed by atoms with Crippen molar-refractivity contribution in [2.45, 2.75) is 32.9 Å². The number of halogens is 1. The molecule has 4 rings (SSSR count). The van der Waals surface area contributed by atoms with Crippen LogP contribution in [0.2, 0.25) is 0 Å². The highest BCUT2D eigenvalue weighted by molar-refractivity contribution is 6.36. The lowest BCUT2D eigenvalue weighted by atomic mass is 9.92. The van der Waals surface area contributed by atoms with Gasteiger partial charge in [0.2, 0.25) is 0 Å². The van der Waals surface area contributed by atoms with E-state index < -0.39 is 5.60 Å². The average molecular weight is 352 g/mol. The van der Waals surface area contributed by atoms with Gasteiger partial charge in [-0.15, -0.1) is 0 Å². The van der Waals surface area contributed by atoms with Crippen LogP contribution >= 0.6 is 0 Å². The molecule has 0 unspecified atom stereocenters. The predicted octanol–water partition coefficient (Wildman–Crippen LogP) is 4.02. The quantitative estimate of drug-likeness (QED) is 0.821. The van der Waals surface area contributed by atoms with E-state index in [4.69, 9.17) is 4.74 Å².